The number of phenolic OH excluding ortho intramolecular Hbond substituents is 1. The Bertz CT molecular complexity index is 782. The van der Waals surface area contributed by atoms with Gasteiger partial charge in [-0.05, 0) is 60.9 Å². The third-order valence-electron chi connectivity index (χ3n) is 6.45. The molecule has 2 rings (SSSR count). The van der Waals surface area contributed by atoms with Gasteiger partial charge in [0.2, 0.25) is 0 Å². The second kappa shape index (κ2) is 20.0. The molecule has 0 radical (unpaired) electrons. The fourth-order valence-electron chi connectivity index (χ4n) is 4.44. The quantitative estimate of drug-likeness (QED) is 0.147. The highest BCUT2D eigenvalue weighted by Gasteiger charge is 2.10. The highest BCUT2D eigenvalue weighted by molar-refractivity contribution is 5.69. The topological polar surface area (TPSA) is 46.5 Å². The van der Waals surface area contributed by atoms with Gasteiger partial charge in [0, 0.05) is 6.92 Å². The van der Waals surface area contributed by atoms with Gasteiger partial charge < -0.3 is 9.84 Å². The van der Waals surface area contributed by atoms with E-state index in [9.17, 15) is 9.90 Å². The lowest BCUT2D eigenvalue weighted by molar-refractivity contribution is -0.131. The van der Waals surface area contributed by atoms with Gasteiger partial charge in [-0.15, -0.1) is 0 Å². The van der Waals surface area contributed by atoms with Crippen molar-refractivity contribution in [1.82, 2.24) is 0 Å². The Morgan fingerprint density at radius 3 is 1.94 bits per heavy atom. The molecule has 2 aromatic rings. The highest BCUT2D eigenvalue weighted by atomic mass is 16.5. The molecule has 3 nitrogen and oxygen atoms in total. The van der Waals surface area contributed by atoms with E-state index in [1.807, 2.05) is 30.3 Å². The van der Waals surface area contributed by atoms with Crippen LogP contribution in [0.3, 0.4) is 0 Å². The number of phenols is 1. The Labute approximate surface area is 215 Å². The van der Waals surface area contributed by atoms with Crippen molar-refractivity contribution in [2.45, 2.75) is 124 Å². The fourth-order valence-corrected chi connectivity index (χ4v) is 4.44. The molecule has 0 spiro atoms. The largest absolute Gasteiger partial charge is 0.508 e. The van der Waals surface area contributed by atoms with E-state index in [-0.39, 0.29) is 5.97 Å². The van der Waals surface area contributed by atoms with Gasteiger partial charge >= 0.3 is 5.97 Å². The van der Waals surface area contributed by atoms with Crippen LogP contribution in [0.2, 0.25) is 0 Å². The van der Waals surface area contributed by atoms with Gasteiger partial charge in [-0.25, -0.2) is 0 Å². The molecule has 0 aliphatic heterocycles. The molecule has 2 aromatic carbocycles. The molecule has 1 atom stereocenters. The molecule has 0 fully saturated rings. The molecule has 0 amide bonds. The molecule has 0 aliphatic carbocycles. The van der Waals surface area contributed by atoms with Crippen molar-refractivity contribution < 1.29 is 14.6 Å². The number of ether oxygens (including phenoxy) is 1. The van der Waals surface area contributed by atoms with E-state index in [1.54, 1.807) is 6.07 Å². The molecule has 0 aromatic heterocycles. The van der Waals surface area contributed by atoms with Crippen LogP contribution >= 0.6 is 0 Å². The van der Waals surface area contributed by atoms with E-state index in [0.717, 1.165) is 12.0 Å². The van der Waals surface area contributed by atoms with Crippen LogP contribution in [0.25, 0.3) is 0 Å². The maximum absolute atomic E-state index is 10.9. The predicted molar refractivity (Wildman–Crippen MR) is 149 cm³/mol. The van der Waals surface area contributed by atoms with E-state index < -0.39 is 0 Å². The second-order valence-corrected chi connectivity index (χ2v) is 9.64. The zero-order valence-corrected chi connectivity index (χ0v) is 22.9. The average Bonchev–Trinajstić information content (AvgIpc) is 2.85. The molecule has 0 bridgehead atoms. The first-order chi connectivity index (χ1) is 17.0. The van der Waals surface area contributed by atoms with Gasteiger partial charge in [0.1, 0.15) is 11.5 Å². The Morgan fingerprint density at radius 2 is 1.34 bits per heavy atom. The van der Waals surface area contributed by atoms with Crippen molar-refractivity contribution in [2.75, 3.05) is 0 Å². The zero-order valence-electron chi connectivity index (χ0n) is 22.9. The summed E-state index contributed by atoms with van der Waals surface area (Å²) in [4.78, 5) is 10.9. The van der Waals surface area contributed by atoms with E-state index in [0.29, 0.717) is 17.4 Å². The van der Waals surface area contributed by atoms with Crippen molar-refractivity contribution in [3.8, 4) is 11.5 Å². The van der Waals surface area contributed by atoms with E-state index in [4.69, 9.17) is 4.74 Å². The van der Waals surface area contributed by atoms with Gasteiger partial charge in [-0.2, -0.15) is 0 Å². The molecule has 196 valence electrons. The molecular weight excluding hydrogens is 432 g/mol. The average molecular weight is 483 g/mol. The van der Waals surface area contributed by atoms with Crippen LogP contribution in [0.4, 0.5) is 0 Å². The van der Waals surface area contributed by atoms with Crippen molar-refractivity contribution in [2.24, 2.45) is 0 Å². The van der Waals surface area contributed by atoms with Gasteiger partial charge in [0.25, 0.3) is 0 Å². The number of benzene rings is 2. The number of hydrogen-bond acceptors (Lipinski definition) is 3. The van der Waals surface area contributed by atoms with Gasteiger partial charge in [-0.1, -0.05) is 115 Å². The van der Waals surface area contributed by atoms with Crippen molar-refractivity contribution in [1.29, 1.82) is 0 Å². The summed E-state index contributed by atoms with van der Waals surface area (Å²) in [5, 5.41) is 9.58. The highest BCUT2D eigenvalue weighted by Crippen LogP contribution is 2.28. The van der Waals surface area contributed by atoms with Gasteiger partial charge in [0.15, 0.2) is 0 Å². The van der Waals surface area contributed by atoms with Crippen LogP contribution in [-0.4, -0.2) is 11.1 Å². The minimum absolute atomic E-state index is 0.263. The van der Waals surface area contributed by atoms with Crippen LogP contribution in [0.5, 0.6) is 11.5 Å². The Balaban J connectivity index is 0.000000355. The normalized spacial score (nSPS) is 11.4. The first-order valence-corrected chi connectivity index (χ1v) is 14.1. The van der Waals surface area contributed by atoms with Crippen molar-refractivity contribution in [3.63, 3.8) is 0 Å². The van der Waals surface area contributed by atoms with E-state index >= 15 is 0 Å². The molecule has 0 aliphatic rings. The monoisotopic (exact) mass is 482 g/mol. The summed E-state index contributed by atoms with van der Waals surface area (Å²) in [6.45, 7) is 8.15. The lowest BCUT2D eigenvalue weighted by Gasteiger charge is -2.17. The van der Waals surface area contributed by atoms with E-state index in [1.165, 1.54) is 96.0 Å². The predicted octanol–water partition coefficient (Wildman–Crippen LogP) is 9.76. The number of aromatic hydroxyl groups is 1. The third-order valence-corrected chi connectivity index (χ3v) is 6.45. The van der Waals surface area contributed by atoms with Crippen LogP contribution in [0.15, 0.2) is 48.5 Å². The third kappa shape index (κ3) is 14.7. The fraction of sp³-hybridized carbons (Fsp3) is 0.594. The first kappa shape index (κ1) is 30.7. The Kier molecular flexibility index (Phi) is 17.5. The number of carbonyl (C=O) groups is 1. The summed E-state index contributed by atoms with van der Waals surface area (Å²) in [5.41, 5.74) is 2.46. The summed E-state index contributed by atoms with van der Waals surface area (Å²) in [7, 11) is 0. The summed E-state index contributed by atoms with van der Waals surface area (Å²) < 4.78 is 5.07. The molecule has 0 saturated heterocycles. The van der Waals surface area contributed by atoms with Gasteiger partial charge in [-0.3, -0.25) is 4.79 Å². The number of carbonyl (C=O) groups excluding carboxylic acids is 1. The first-order valence-electron chi connectivity index (χ1n) is 14.1. The minimum atomic E-state index is -0.263. The second-order valence-electron chi connectivity index (χ2n) is 9.64. The van der Waals surface area contributed by atoms with Crippen LogP contribution in [0.1, 0.15) is 128 Å². The van der Waals surface area contributed by atoms with Crippen molar-refractivity contribution >= 4 is 5.97 Å². The van der Waals surface area contributed by atoms with Crippen LogP contribution in [-0.2, 0) is 11.2 Å². The summed E-state index contributed by atoms with van der Waals surface area (Å²) in [5.74, 6) is 1.47. The lowest BCUT2D eigenvalue weighted by atomic mass is 9.89. The van der Waals surface area contributed by atoms with E-state index in [2.05, 4.69) is 32.9 Å². The number of hydrogen-bond donors (Lipinski definition) is 1. The SMILES string of the molecule is CCCCCC(CCC)c1ccc(OC(C)=O)cc1.CCCCCCCCCc1ccccc1O. The maximum Gasteiger partial charge on any atom is 0.308 e. The minimum Gasteiger partial charge on any atom is -0.508 e. The lowest BCUT2D eigenvalue weighted by Crippen LogP contribution is -2.02. The number of unbranched alkanes of at least 4 members (excludes halogenated alkanes) is 8. The molecule has 1 N–H and O–H groups in total. The summed E-state index contributed by atoms with van der Waals surface area (Å²) in [6.07, 6.45) is 17.9. The zero-order chi connectivity index (χ0) is 25.7. The summed E-state index contributed by atoms with van der Waals surface area (Å²) in [6, 6.07) is 15.7. The molecule has 1 unspecified atom stereocenters. The number of rotatable bonds is 16. The Morgan fingerprint density at radius 1 is 0.743 bits per heavy atom. The standard InChI is InChI=1S/C17H26O2.C15H24O/c1-4-6-7-9-15(8-5-2)16-10-12-17(13-11-16)19-14(3)18;1-2-3-4-5-6-7-8-11-14-12-9-10-13-15(14)16/h10-13,15H,4-9H2,1-3H3;9-10,12-13,16H,2-8,11H2,1H3. The smallest absolute Gasteiger partial charge is 0.308 e. The molecule has 35 heavy (non-hydrogen) atoms. The number of para-hydroxylation sites is 1. The maximum atomic E-state index is 10.9. The Hall–Kier alpha value is -2.29. The van der Waals surface area contributed by atoms with Crippen LogP contribution in [0, 0.1) is 0 Å². The number of aryl methyl sites for hydroxylation is 1. The molecule has 3 heteroatoms. The van der Waals surface area contributed by atoms with Crippen molar-refractivity contribution in [3.05, 3.63) is 59.7 Å². The van der Waals surface area contributed by atoms with Gasteiger partial charge in [0.05, 0.1) is 0 Å². The molecule has 0 saturated carbocycles. The molecular formula is C32H50O3. The summed E-state index contributed by atoms with van der Waals surface area (Å²) >= 11 is 0. The molecule has 0 heterocycles. The number of esters is 1. The van der Waals surface area contributed by atoms with Crippen LogP contribution < -0.4 is 4.74 Å².